The van der Waals surface area contributed by atoms with Gasteiger partial charge in [0.15, 0.2) is 0 Å². The lowest BCUT2D eigenvalue weighted by atomic mass is 9.87. The Kier molecular flexibility index (Phi) is 4.93. The van der Waals surface area contributed by atoms with E-state index in [0.717, 1.165) is 16.6 Å². The second-order valence-corrected chi connectivity index (χ2v) is 11.0. The largest absolute Gasteiger partial charge is 0.264 e. The van der Waals surface area contributed by atoms with E-state index in [1.807, 2.05) is 18.5 Å². The average molecular weight is 533 g/mol. The van der Waals surface area contributed by atoms with Crippen LogP contribution in [0.2, 0.25) is 0 Å². The molecule has 0 aliphatic carbocycles. The van der Waals surface area contributed by atoms with Crippen LogP contribution >= 0.6 is 0 Å². The normalized spacial score (nSPS) is 11.8. The zero-order valence-electron chi connectivity index (χ0n) is 22.8. The van der Waals surface area contributed by atoms with Gasteiger partial charge in [0.25, 0.3) is 0 Å². The highest BCUT2D eigenvalue weighted by Crippen LogP contribution is 2.43. The van der Waals surface area contributed by atoms with Crippen LogP contribution in [0.15, 0.2) is 146 Å². The minimum atomic E-state index is 1.02. The maximum atomic E-state index is 4.93. The molecular weight excluding hydrogens is 508 g/mol. The van der Waals surface area contributed by atoms with Gasteiger partial charge in [-0.1, -0.05) is 115 Å². The van der Waals surface area contributed by atoms with Crippen LogP contribution in [0.3, 0.4) is 0 Å². The Morgan fingerprint density at radius 1 is 0.381 bits per heavy atom. The summed E-state index contributed by atoms with van der Waals surface area (Å²) in [6.45, 7) is 0. The summed E-state index contributed by atoms with van der Waals surface area (Å²) in [5.74, 6) is 0. The van der Waals surface area contributed by atoms with Gasteiger partial charge in [-0.25, -0.2) is 4.98 Å². The molecule has 9 rings (SSSR count). The van der Waals surface area contributed by atoms with Crippen LogP contribution in [0.4, 0.5) is 0 Å². The lowest BCUT2D eigenvalue weighted by Gasteiger charge is -2.17. The Hall–Kier alpha value is -5.60. The Morgan fingerprint density at radius 2 is 0.929 bits per heavy atom. The van der Waals surface area contributed by atoms with Crippen molar-refractivity contribution in [3.8, 4) is 33.4 Å². The molecule has 0 N–H and O–H groups in total. The van der Waals surface area contributed by atoms with Crippen molar-refractivity contribution in [2.24, 2.45) is 0 Å². The predicted octanol–water partition coefficient (Wildman–Crippen LogP) is 10.7. The molecule has 2 heterocycles. The number of rotatable bonds is 3. The molecule has 0 amide bonds. The van der Waals surface area contributed by atoms with E-state index in [9.17, 15) is 0 Å². The summed E-state index contributed by atoms with van der Waals surface area (Å²) >= 11 is 0. The number of pyridine rings is 2. The maximum absolute atomic E-state index is 4.93. The van der Waals surface area contributed by atoms with Crippen LogP contribution < -0.4 is 0 Å². The molecular formula is C40H24N2. The van der Waals surface area contributed by atoms with Crippen molar-refractivity contribution in [3.63, 3.8) is 0 Å². The number of hydrogen-bond acceptors (Lipinski definition) is 2. The number of benzene rings is 7. The Morgan fingerprint density at radius 3 is 1.52 bits per heavy atom. The molecule has 0 radical (unpaired) electrons. The first-order valence-electron chi connectivity index (χ1n) is 14.3. The Labute approximate surface area is 242 Å². The van der Waals surface area contributed by atoms with Crippen LogP contribution in [0.25, 0.3) is 87.5 Å². The van der Waals surface area contributed by atoms with E-state index in [0.29, 0.717) is 0 Å². The number of para-hydroxylation sites is 2. The third kappa shape index (κ3) is 3.39. The van der Waals surface area contributed by atoms with E-state index in [1.165, 1.54) is 70.9 Å². The van der Waals surface area contributed by atoms with Crippen molar-refractivity contribution in [2.45, 2.75) is 0 Å². The molecule has 194 valence electrons. The lowest BCUT2D eigenvalue weighted by molar-refractivity contribution is 1.33. The minimum absolute atomic E-state index is 1.02. The van der Waals surface area contributed by atoms with Crippen molar-refractivity contribution in [1.82, 2.24) is 9.97 Å². The summed E-state index contributed by atoms with van der Waals surface area (Å²) in [6.07, 6.45) is 3.78. The standard InChI is InChI=1S/C40H24N2/c1-3-9-36-34(7-1)38(35-8-2-4-10-37(35)42-36)26-13-11-25(12-14-26)30-19-15-27-18-22-33-31(29-6-5-23-41-24-29)20-16-28-17-21-32(30)39(27)40(28)33/h1-24H. The summed E-state index contributed by atoms with van der Waals surface area (Å²) in [6, 6.07) is 48.2. The molecule has 2 heteroatoms. The predicted molar refractivity (Wildman–Crippen MR) is 177 cm³/mol. The number of hydrogen-bond donors (Lipinski definition) is 0. The van der Waals surface area contributed by atoms with Gasteiger partial charge in [0.1, 0.15) is 0 Å². The molecule has 2 aromatic heterocycles. The molecule has 0 bridgehead atoms. The van der Waals surface area contributed by atoms with E-state index < -0.39 is 0 Å². The van der Waals surface area contributed by atoms with Gasteiger partial charge in [0.2, 0.25) is 0 Å². The van der Waals surface area contributed by atoms with Crippen LogP contribution in [0.5, 0.6) is 0 Å². The highest BCUT2D eigenvalue weighted by molar-refractivity contribution is 6.27. The van der Waals surface area contributed by atoms with Gasteiger partial charge >= 0.3 is 0 Å². The molecule has 0 saturated carbocycles. The Balaban J connectivity index is 1.24. The van der Waals surface area contributed by atoms with Crippen molar-refractivity contribution in [2.75, 3.05) is 0 Å². The molecule has 0 spiro atoms. The zero-order valence-corrected chi connectivity index (χ0v) is 22.8. The summed E-state index contributed by atoms with van der Waals surface area (Å²) in [4.78, 5) is 9.31. The summed E-state index contributed by atoms with van der Waals surface area (Å²) in [5.41, 5.74) is 9.30. The highest BCUT2D eigenvalue weighted by atomic mass is 14.7. The monoisotopic (exact) mass is 532 g/mol. The van der Waals surface area contributed by atoms with E-state index in [4.69, 9.17) is 4.98 Å². The molecule has 0 fully saturated rings. The zero-order chi connectivity index (χ0) is 27.6. The van der Waals surface area contributed by atoms with E-state index >= 15 is 0 Å². The first kappa shape index (κ1) is 23.1. The van der Waals surface area contributed by atoms with Gasteiger partial charge in [0.05, 0.1) is 11.0 Å². The quantitative estimate of drug-likeness (QED) is 0.167. The molecule has 0 saturated heterocycles. The fourth-order valence-corrected chi connectivity index (χ4v) is 6.79. The molecule has 42 heavy (non-hydrogen) atoms. The number of nitrogens with zero attached hydrogens (tertiary/aromatic N) is 2. The Bertz CT molecular complexity index is 2390. The topological polar surface area (TPSA) is 25.8 Å². The van der Waals surface area contributed by atoms with Crippen LogP contribution in [-0.2, 0) is 0 Å². The van der Waals surface area contributed by atoms with Crippen molar-refractivity contribution in [3.05, 3.63) is 146 Å². The van der Waals surface area contributed by atoms with Crippen LogP contribution in [0.1, 0.15) is 0 Å². The molecule has 9 aromatic rings. The molecule has 0 aliphatic rings. The van der Waals surface area contributed by atoms with Gasteiger partial charge < -0.3 is 0 Å². The van der Waals surface area contributed by atoms with E-state index in [2.05, 4.69) is 132 Å². The summed E-state index contributed by atoms with van der Waals surface area (Å²) < 4.78 is 0. The third-order valence-corrected chi connectivity index (χ3v) is 8.71. The smallest absolute Gasteiger partial charge is 0.0715 e. The fraction of sp³-hybridized carbons (Fsp3) is 0. The fourth-order valence-electron chi connectivity index (χ4n) is 6.79. The summed E-state index contributed by atoms with van der Waals surface area (Å²) in [5, 5.41) is 10.1. The van der Waals surface area contributed by atoms with E-state index in [-0.39, 0.29) is 0 Å². The maximum Gasteiger partial charge on any atom is 0.0715 e. The highest BCUT2D eigenvalue weighted by Gasteiger charge is 2.16. The molecule has 0 atom stereocenters. The summed E-state index contributed by atoms with van der Waals surface area (Å²) in [7, 11) is 0. The molecule has 2 nitrogen and oxygen atoms in total. The van der Waals surface area contributed by atoms with Gasteiger partial charge in [0, 0.05) is 34.3 Å². The average Bonchev–Trinajstić information content (AvgIpc) is 3.06. The van der Waals surface area contributed by atoms with Gasteiger partial charge in [-0.15, -0.1) is 0 Å². The first-order valence-corrected chi connectivity index (χ1v) is 14.3. The minimum Gasteiger partial charge on any atom is -0.264 e. The van der Waals surface area contributed by atoms with Crippen molar-refractivity contribution >= 4 is 54.1 Å². The van der Waals surface area contributed by atoms with Gasteiger partial charge in [-0.05, 0) is 72.8 Å². The third-order valence-electron chi connectivity index (χ3n) is 8.71. The van der Waals surface area contributed by atoms with Crippen molar-refractivity contribution < 1.29 is 0 Å². The SMILES string of the molecule is c1cncc(-c2ccc3ccc4c(-c5ccc(-c6c7ccccc7nc7ccccc67)cc5)ccc5ccc2c3c54)c1. The lowest BCUT2D eigenvalue weighted by Crippen LogP contribution is -1.90. The van der Waals surface area contributed by atoms with E-state index in [1.54, 1.807) is 0 Å². The van der Waals surface area contributed by atoms with Crippen molar-refractivity contribution in [1.29, 1.82) is 0 Å². The second-order valence-electron chi connectivity index (χ2n) is 11.0. The first-order chi connectivity index (χ1) is 20.8. The number of aromatic nitrogens is 2. The molecule has 0 aliphatic heterocycles. The molecule has 0 unspecified atom stereocenters. The van der Waals surface area contributed by atoms with Gasteiger partial charge in [-0.3, -0.25) is 4.98 Å². The second kappa shape index (κ2) is 8.95. The number of fused-ring (bicyclic) bond motifs is 2. The van der Waals surface area contributed by atoms with Crippen LogP contribution in [-0.4, -0.2) is 9.97 Å². The van der Waals surface area contributed by atoms with Crippen LogP contribution in [0, 0.1) is 0 Å². The molecule has 7 aromatic carbocycles. The van der Waals surface area contributed by atoms with Gasteiger partial charge in [-0.2, -0.15) is 0 Å².